The van der Waals surface area contributed by atoms with Crippen LogP contribution in [0.1, 0.15) is 15.9 Å². The molecule has 1 amide bonds. The second kappa shape index (κ2) is 5.23. The number of hydrogen-bond donors (Lipinski definition) is 2. The van der Waals surface area contributed by atoms with E-state index in [1.807, 2.05) is 25.1 Å². The van der Waals surface area contributed by atoms with E-state index in [-0.39, 0.29) is 11.7 Å². The van der Waals surface area contributed by atoms with Gasteiger partial charge in [0.25, 0.3) is 5.91 Å². The van der Waals surface area contributed by atoms with E-state index in [1.54, 1.807) is 12.1 Å². The summed E-state index contributed by atoms with van der Waals surface area (Å²) in [6.07, 6.45) is 0. The number of hydrogen-bond acceptors (Lipinski definition) is 2. The Bertz CT molecular complexity index is 596. The van der Waals surface area contributed by atoms with Gasteiger partial charge < -0.3 is 10.4 Å². The van der Waals surface area contributed by atoms with Crippen LogP contribution in [0.5, 0.6) is 5.75 Å². The van der Waals surface area contributed by atoms with Crippen LogP contribution >= 0.6 is 15.9 Å². The SMILES string of the molecule is Cc1cc(Br)ccc1NC(=O)c1cccc(O)c1. The summed E-state index contributed by atoms with van der Waals surface area (Å²) in [7, 11) is 0. The summed E-state index contributed by atoms with van der Waals surface area (Å²) < 4.78 is 0.968. The molecule has 4 heteroatoms. The summed E-state index contributed by atoms with van der Waals surface area (Å²) >= 11 is 3.37. The molecule has 0 saturated carbocycles. The quantitative estimate of drug-likeness (QED) is 0.888. The van der Waals surface area contributed by atoms with Crippen LogP contribution in [0.4, 0.5) is 5.69 Å². The lowest BCUT2D eigenvalue weighted by Crippen LogP contribution is -2.12. The minimum atomic E-state index is -0.240. The molecule has 0 saturated heterocycles. The standard InChI is InChI=1S/C14H12BrNO2/c1-9-7-11(15)5-6-13(9)16-14(18)10-3-2-4-12(17)8-10/h2-8,17H,1H3,(H,16,18). The highest BCUT2D eigenvalue weighted by molar-refractivity contribution is 9.10. The van der Waals surface area contributed by atoms with Crippen molar-refractivity contribution in [1.29, 1.82) is 0 Å². The van der Waals surface area contributed by atoms with Gasteiger partial charge in [-0.05, 0) is 48.9 Å². The lowest BCUT2D eigenvalue weighted by atomic mass is 10.1. The highest BCUT2D eigenvalue weighted by Gasteiger charge is 2.08. The normalized spacial score (nSPS) is 10.1. The van der Waals surface area contributed by atoms with Crippen molar-refractivity contribution in [3.63, 3.8) is 0 Å². The lowest BCUT2D eigenvalue weighted by Gasteiger charge is -2.08. The largest absolute Gasteiger partial charge is 0.508 e. The maximum absolute atomic E-state index is 12.0. The molecule has 2 aromatic rings. The maximum atomic E-state index is 12.0. The van der Waals surface area contributed by atoms with Crippen LogP contribution < -0.4 is 5.32 Å². The highest BCUT2D eigenvalue weighted by Crippen LogP contribution is 2.21. The lowest BCUT2D eigenvalue weighted by molar-refractivity contribution is 0.102. The number of anilines is 1. The average Bonchev–Trinajstić information content (AvgIpc) is 2.32. The first-order valence-electron chi connectivity index (χ1n) is 5.43. The van der Waals surface area contributed by atoms with E-state index in [4.69, 9.17) is 0 Å². The fraction of sp³-hybridized carbons (Fsp3) is 0.0714. The van der Waals surface area contributed by atoms with Crippen LogP contribution in [0.3, 0.4) is 0 Å². The Balaban J connectivity index is 2.21. The van der Waals surface area contributed by atoms with Gasteiger partial charge in [0, 0.05) is 15.7 Å². The van der Waals surface area contributed by atoms with Crippen LogP contribution in [-0.4, -0.2) is 11.0 Å². The fourth-order valence-electron chi connectivity index (χ4n) is 1.61. The molecule has 0 aliphatic heterocycles. The summed E-state index contributed by atoms with van der Waals surface area (Å²) in [6, 6.07) is 11.9. The Labute approximate surface area is 114 Å². The molecule has 0 aliphatic carbocycles. The van der Waals surface area contributed by atoms with E-state index in [2.05, 4.69) is 21.2 Å². The molecule has 0 aliphatic rings. The van der Waals surface area contributed by atoms with Crippen molar-refractivity contribution < 1.29 is 9.90 Å². The first-order valence-corrected chi connectivity index (χ1v) is 6.22. The number of benzene rings is 2. The monoisotopic (exact) mass is 305 g/mol. The van der Waals surface area contributed by atoms with Crippen molar-refractivity contribution in [3.05, 3.63) is 58.1 Å². The molecule has 2 rings (SSSR count). The molecule has 0 atom stereocenters. The molecule has 2 aromatic carbocycles. The van der Waals surface area contributed by atoms with Gasteiger partial charge in [-0.15, -0.1) is 0 Å². The topological polar surface area (TPSA) is 49.3 Å². The zero-order valence-corrected chi connectivity index (χ0v) is 11.4. The van der Waals surface area contributed by atoms with Gasteiger partial charge in [-0.3, -0.25) is 4.79 Å². The Morgan fingerprint density at radius 2 is 2.00 bits per heavy atom. The van der Waals surface area contributed by atoms with Crippen LogP contribution in [0.25, 0.3) is 0 Å². The molecule has 0 spiro atoms. The molecule has 0 bridgehead atoms. The third-order valence-corrected chi connectivity index (χ3v) is 3.04. The third kappa shape index (κ3) is 2.90. The van der Waals surface area contributed by atoms with Crippen molar-refractivity contribution in [3.8, 4) is 5.75 Å². The second-order valence-corrected chi connectivity index (χ2v) is 4.88. The third-order valence-electron chi connectivity index (χ3n) is 2.54. The van der Waals surface area contributed by atoms with Crippen LogP contribution in [0.15, 0.2) is 46.9 Å². The molecule has 0 aromatic heterocycles. The summed E-state index contributed by atoms with van der Waals surface area (Å²) in [5.74, 6) is -0.161. The zero-order valence-electron chi connectivity index (χ0n) is 9.77. The number of carbonyl (C=O) groups excluding carboxylic acids is 1. The summed E-state index contributed by atoms with van der Waals surface area (Å²) in [5.41, 5.74) is 2.15. The van der Waals surface area contributed by atoms with Gasteiger partial charge in [-0.2, -0.15) is 0 Å². The smallest absolute Gasteiger partial charge is 0.255 e. The number of rotatable bonds is 2. The molecule has 0 unspecified atom stereocenters. The number of phenols is 1. The van der Waals surface area contributed by atoms with Crippen molar-refractivity contribution in [2.75, 3.05) is 5.32 Å². The minimum absolute atomic E-state index is 0.0789. The Kier molecular flexibility index (Phi) is 3.67. The molecular weight excluding hydrogens is 294 g/mol. The average molecular weight is 306 g/mol. The first kappa shape index (κ1) is 12.6. The summed E-state index contributed by atoms with van der Waals surface area (Å²) in [4.78, 5) is 12.0. The van der Waals surface area contributed by atoms with E-state index >= 15 is 0 Å². The number of halogens is 1. The summed E-state index contributed by atoms with van der Waals surface area (Å²) in [6.45, 7) is 1.92. The second-order valence-electron chi connectivity index (χ2n) is 3.96. The number of aromatic hydroxyl groups is 1. The van der Waals surface area contributed by atoms with Gasteiger partial charge in [0.2, 0.25) is 0 Å². The van der Waals surface area contributed by atoms with Crippen molar-refractivity contribution in [2.24, 2.45) is 0 Å². The molecule has 2 N–H and O–H groups in total. The van der Waals surface area contributed by atoms with Gasteiger partial charge in [0.1, 0.15) is 5.75 Å². The maximum Gasteiger partial charge on any atom is 0.255 e. The minimum Gasteiger partial charge on any atom is -0.508 e. The molecular formula is C14H12BrNO2. The fourth-order valence-corrected chi connectivity index (χ4v) is 2.08. The Morgan fingerprint density at radius 3 is 2.67 bits per heavy atom. The van der Waals surface area contributed by atoms with Gasteiger partial charge in [-0.25, -0.2) is 0 Å². The van der Waals surface area contributed by atoms with Gasteiger partial charge in [-0.1, -0.05) is 22.0 Å². The van der Waals surface area contributed by atoms with E-state index < -0.39 is 0 Å². The number of carbonyl (C=O) groups is 1. The first-order chi connectivity index (χ1) is 8.56. The predicted octanol–water partition coefficient (Wildman–Crippen LogP) is 3.72. The number of phenolic OH excluding ortho intramolecular Hbond substituents is 1. The van der Waals surface area contributed by atoms with Crippen LogP contribution in [0, 0.1) is 6.92 Å². The van der Waals surface area contributed by atoms with E-state index in [9.17, 15) is 9.90 Å². The molecule has 0 heterocycles. The highest BCUT2D eigenvalue weighted by atomic mass is 79.9. The van der Waals surface area contributed by atoms with Crippen LogP contribution in [0.2, 0.25) is 0 Å². The Hall–Kier alpha value is -1.81. The number of amides is 1. The zero-order chi connectivity index (χ0) is 13.1. The molecule has 92 valence electrons. The van der Waals surface area contributed by atoms with Crippen molar-refractivity contribution in [2.45, 2.75) is 6.92 Å². The van der Waals surface area contributed by atoms with Crippen molar-refractivity contribution >= 4 is 27.5 Å². The van der Waals surface area contributed by atoms with Gasteiger partial charge >= 0.3 is 0 Å². The molecule has 18 heavy (non-hydrogen) atoms. The van der Waals surface area contributed by atoms with Crippen molar-refractivity contribution in [1.82, 2.24) is 0 Å². The van der Waals surface area contributed by atoms with E-state index in [0.29, 0.717) is 5.56 Å². The number of nitrogens with one attached hydrogen (secondary N) is 1. The Morgan fingerprint density at radius 1 is 1.22 bits per heavy atom. The molecule has 0 fully saturated rings. The molecule has 0 radical (unpaired) electrons. The number of aryl methyl sites for hydroxylation is 1. The van der Waals surface area contributed by atoms with Gasteiger partial charge in [0.15, 0.2) is 0 Å². The van der Waals surface area contributed by atoms with Gasteiger partial charge in [0.05, 0.1) is 0 Å². The molecule has 3 nitrogen and oxygen atoms in total. The van der Waals surface area contributed by atoms with E-state index in [0.717, 1.165) is 15.7 Å². The van der Waals surface area contributed by atoms with Crippen LogP contribution in [-0.2, 0) is 0 Å². The predicted molar refractivity (Wildman–Crippen MR) is 74.9 cm³/mol. The van der Waals surface area contributed by atoms with E-state index in [1.165, 1.54) is 12.1 Å². The summed E-state index contributed by atoms with van der Waals surface area (Å²) in [5, 5.41) is 12.1.